The van der Waals surface area contributed by atoms with Gasteiger partial charge in [-0.1, -0.05) is 12.2 Å². The van der Waals surface area contributed by atoms with E-state index in [9.17, 15) is 5.11 Å². The first-order chi connectivity index (χ1) is 6.88. The highest BCUT2D eigenvalue weighted by Gasteiger charge is 2.23. The second-order valence-electron chi connectivity index (χ2n) is 5.10. The molecule has 88 valence electrons. The lowest BCUT2D eigenvalue weighted by Crippen LogP contribution is -2.42. The molecule has 0 amide bonds. The average Bonchev–Trinajstić information content (AvgIpc) is 2.14. The van der Waals surface area contributed by atoms with Gasteiger partial charge in [-0.05, 0) is 39.7 Å². The third-order valence-corrected chi connectivity index (χ3v) is 3.28. The molecule has 0 aromatic rings. The summed E-state index contributed by atoms with van der Waals surface area (Å²) in [5, 5.41) is 9.65. The summed E-state index contributed by atoms with van der Waals surface area (Å²) in [6.45, 7) is 6.70. The molecule has 1 heterocycles. The standard InChI is InChI=1S/C11H22N2OS/c1-11(2,14)5-7-13-6-3-4-9(8-13)10(12)15/h9,14H,3-8H2,1-2H3,(H2,12,15). The van der Waals surface area contributed by atoms with E-state index < -0.39 is 5.60 Å². The summed E-state index contributed by atoms with van der Waals surface area (Å²) in [4.78, 5) is 2.99. The van der Waals surface area contributed by atoms with Crippen molar-refractivity contribution < 1.29 is 5.11 Å². The van der Waals surface area contributed by atoms with Gasteiger partial charge in [-0.2, -0.15) is 0 Å². The number of nitrogens with two attached hydrogens (primary N) is 1. The maximum absolute atomic E-state index is 9.65. The monoisotopic (exact) mass is 230 g/mol. The molecular formula is C11H22N2OS. The van der Waals surface area contributed by atoms with Crippen LogP contribution in [0.5, 0.6) is 0 Å². The van der Waals surface area contributed by atoms with Crippen LogP contribution >= 0.6 is 12.2 Å². The molecule has 15 heavy (non-hydrogen) atoms. The van der Waals surface area contributed by atoms with Gasteiger partial charge < -0.3 is 15.7 Å². The molecule has 1 atom stereocenters. The second kappa shape index (κ2) is 5.23. The van der Waals surface area contributed by atoms with Crippen LogP contribution in [0, 0.1) is 5.92 Å². The van der Waals surface area contributed by atoms with Crippen molar-refractivity contribution in [1.29, 1.82) is 0 Å². The molecule has 0 radical (unpaired) electrons. The smallest absolute Gasteiger partial charge is 0.0771 e. The van der Waals surface area contributed by atoms with Gasteiger partial charge in [0.2, 0.25) is 0 Å². The van der Waals surface area contributed by atoms with Crippen LogP contribution in [0.2, 0.25) is 0 Å². The molecule has 4 heteroatoms. The fourth-order valence-electron chi connectivity index (χ4n) is 1.92. The molecule has 3 N–H and O–H groups in total. The molecule has 0 bridgehead atoms. The Morgan fingerprint density at radius 3 is 2.80 bits per heavy atom. The van der Waals surface area contributed by atoms with Crippen LogP contribution in [0.4, 0.5) is 0 Å². The number of hydrogen-bond acceptors (Lipinski definition) is 3. The van der Waals surface area contributed by atoms with E-state index in [1.165, 1.54) is 0 Å². The summed E-state index contributed by atoms with van der Waals surface area (Å²) in [6, 6.07) is 0. The lowest BCUT2D eigenvalue weighted by atomic mass is 9.97. The van der Waals surface area contributed by atoms with Crippen LogP contribution in [0.15, 0.2) is 0 Å². The number of thiocarbonyl (C=S) groups is 1. The predicted molar refractivity (Wildman–Crippen MR) is 66.9 cm³/mol. The van der Waals surface area contributed by atoms with Gasteiger partial charge in [0.25, 0.3) is 0 Å². The summed E-state index contributed by atoms with van der Waals surface area (Å²) in [6.07, 6.45) is 3.08. The number of aliphatic hydroxyl groups is 1. The van der Waals surface area contributed by atoms with Crippen molar-refractivity contribution in [3.05, 3.63) is 0 Å². The van der Waals surface area contributed by atoms with Gasteiger partial charge in [-0.15, -0.1) is 0 Å². The molecule has 1 fully saturated rings. The molecule has 3 nitrogen and oxygen atoms in total. The number of rotatable bonds is 4. The topological polar surface area (TPSA) is 49.5 Å². The Morgan fingerprint density at radius 1 is 1.60 bits per heavy atom. The normalized spacial score (nSPS) is 24.1. The Labute approximate surface area is 97.6 Å². The molecular weight excluding hydrogens is 208 g/mol. The Balaban J connectivity index is 2.34. The van der Waals surface area contributed by atoms with Gasteiger partial charge >= 0.3 is 0 Å². The zero-order valence-corrected chi connectivity index (χ0v) is 10.5. The predicted octanol–water partition coefficient (Wildman–Crippen LogP) is 1.15. The average molecular weight is 230 g/mol. The van der Waals surface area contributed by atoms with Crippen LogP contribution in [0.25, 0.3) is 0 Å². The van der Waals surface area contributed by atoms with Gasteiger partial charge in [-0.25, -0.2) is 0 Å². The van der Waals surface area contributed by atoms with E-state index in [0.717, 1.165) is 38.9 Å². The minimum atomic E-state index is -0.573. The Hall–Kier alpha value is -0.190. The van der Waals surface area contributed by atoms with Gasteiger partial charge in [0.05, 0.1) is 10.6 Å². The van der Waals surface area contributed by atoms with Crippen molar-refractivity contribution in [1.82, 2.24) is 4.90 Å². The molecule has 1 aliphatic rings. The number of nitrogens with zero attached hydrogens (tertiary/aromatic N) is 1. The first-order valence-corrected chi connectivity index (χ1v) is 6.03. The van der Waals surface area contributed by atoms with Crippen molar-refractivity contribution in [3.63, 3.8) is 0 Å². The number of piperidine rings is 1. The lowest BCUT2D eigenvalue weighted by molar-refractivity contribution is 0.0532. The van der Waals surface area contributed by atoms with E-state index >= 15 is 0 Å². The van der Waals surface area contributed by atoms with E-state index in [1.54, 1.807) is 0 Å². The van der Waals surface area contributed by atoms with Gasteiger partial charge in [0.15, 0.2) is 0 Å². The summed E-state index contributed by atoms with van der Waals surface area (Å²) in [5.41, 5.74) is 5.09. The highest BCUT2D eigenvalue weighted by atomic mass is 32.1. The summed E-state index contributed by atoms with van der Waals surface area (Å²) in [5.74, 6) is 0.371. The molecule has 0 aliphatic carbocycles. The van der Waals surface area contributed by atoms with E-state index in [1.807, 2.05) is 13.8 Å². The van der Waals surface area contributed by atoms with Crippen LogP contribution in [0.3, 0.4) is 0 Å². The Bertz CT molecular complexity index is 225. The zero-order valence-electron chi connectivity index (χ0n) is 9.70. The van der Waals surface area contributed by atoms with E-state index in [2.05, 4.69) is 4.90 Å². The van der Waals surface area contributed by atoms with Crippen LogP contribution in [0.1, 0.15) is 33.1 Å². The fraction of sp³-hybridized carbons (Fsp3) is 0.909. The minimum absolute atomic E-state index is 0.371. The minimum Gasteiger partial charge on any atom is -0.393 e. The molecule has 1 aliphatic heterocycles. The first-order valence-electron chi connectivity index (χ1n) is 5.62. The first kappa shape index (κ1) is 12.9. The van der Waals surface area contributed by atoms with E-state index in [0.29, 0.717) is 10.9 Å². The summed E-state index contributed by atoms with van der Waals surface area (Å²) < 4.78 is 0. The van der Waals surface area contributed by atoms with Crippen molar-refractivity contribution in [2.45, 2.75) is 38.7 Å². The van der Waals surface area contributed by atoms with Crippen molar-refractivity contribution >= 4 is 17.2 Å². The van der Waals surface area contributed by atoms with Crippen molar-refractivity contribution in [2.24, 2.45) is 11.7 Å². The molecule has 1 saturated heterocycles. The molecule has 0 saturated carbocycles. The number of hydrogen-bond donors (Lipinski definition) is 2. The highest BCUT2D eigenvalue weighted by molar-refractivity contribution is 7.80. The second-order valence-corrected chi connectivity index (χ2v) is 5.58. The third-order valence-electron chi connectivity index (χ3n) is 2.95. The Morgan fingerprint density at radius 2 is 2.27 bits per heavy atom. The van der Waals surface area contributed by atoms with Crippen LogP contribution < -0.4 is 5.73 Å². The Kier molecular flexibility index (Phi) is 4.49. The van der Waals surface area contributed by atoms with E-state index in [-0.39, 0.29) is 0 Å². The molecule has 1 unspecified atom stereocenters. The largest absolute Gasteiger partial charge is 0.393 e. The molecule has 0 aromatic carbocycles. The quantitative estimate of drug-likeness (QED) is 0.711. The molecule has 0 spiro atoms. The van der Waals surface area contributed by atoms with Gasteiger partial charge in [-0.3, -0.25) is 0 Å². The maximum atomic E-state index is 9.65. The van der Waals surface area contributed by atoms with Gasteiger partial charge in [0.1, 0.15) is 0 Å². The van der Waals surface area contributed by atoms with E-state index in [4.69, 9.17) is 18.0 Å². The van der Waals surface area contributed by atoms with Crippen molar-refractivity contribution in [2.75, 3.05) is 19.6 Å². The maximum Gasteiger partial charge on any atom is 0.0771 e. The van der Waals surface area contributed by atoms with Crippen LogP contribution in [-0.2, 0) is 0 Å². The summed E-state index contributed by atoms with van der Waals surface area (Å²) >= 11 is 5.03. The third kappa shape index (κ3) is 4.91. The zero-order chi connectivity index (χ0) is 11.5. The number of likely N-dealkylation sites (tertiary alicyclic amines) is 1. The molecule has 1 rings (SSSR count). The SMILES string of the molecule is CC(C)(O)CCN1CCCC(C(N)=S)C1. The molecule has 0 aromatic heterocycles. The van der Waals surface area contributed by atoms with Crippen LogP contribution in [-0.4, -0.2) is 40.2 Å². The van der Waals surface area contributed by atoms with Crippen molar-refractivity contribution in [3.8, 4) is 0 Å². The lowest BCUT2D eigenvalue weighted by Gasteiger charge is -2.33. The summed E-state index contributed by atoms with van der Waals surface area (Å²) in [7, 11) is 0. The highest BCUT2D eigenvalue weighted by Crippen LogP contribution is 2.18. The fourth-order valence-corrected chi connectivity index (χ4v) is 2.11. The van der Waals surface area contributed by atoms with Gasteiger partial charge in [0, 0.05) is 19.0 Å².